The monoisotopic (exact) mass is 273 g/mol. The lowest BCUT2D eigenvalue weighted by Crippen LogP contribution is -2.19. The van der Waals surface area contributed by atoms with Crippen molar-refractivity contribution in [2.45, 2.75) is 37.8 Å². The third-order valence-electron chi connectivity index (χ3n) is 3.56. The topological polar surface area (TPSA) is 21.3 Å². The molecule has 1 aliphatic rings. The summed E-state index contributed by atoms with van der Waals surface area (Å²) >= 11 is 0. The summed E-state index contributed by atoms with van der Waals surface area (Å²) in [6.07, 6.45) is 3.85. The summed E-state index contributed by atoms with van der Waals surface area (Å²) in [6, 6.07) is 1.90. The van der Waals surface area contributed by atoms with Crippen LogP contribution >= 0.6 is 0 Å². The van der Waals surface area contributed by atoms with Crippen LogP contribution in [0.4, 0.5) is 13.2 Å². The lowest BCUT2D eigenvalue weighted by atomic mass is 9.99. The van der Waals surface area contributed by atoms with Gasteiger partial charge in [0.2, 0.25) is 0 Å². The molecule has 2 unspecified atom stereocenters. The van der Waals surface area contributed by atoms with Gasteiger partial charge in [-0.1, -0.05) is 0 Å². The molecule has 1 aromatic carbocycles. The largest absolute Gasteiger partial charge is 0.378 e. The maximum atomic E-state index is 13.2. The molecule has 0 bridgehead atoms. The van der Waals surface area contributed by atoms with Crippen LogP contribution in [-0.4, -0.2) is 19.8 Å². The SMILES string of the molecule is CNC(CCC1CCCO1)c1cc(F)c(F)c(F)c1. The van der Waals surface area contributed by atoms with Crippen molar-refractivity contribution in [3.05, 3.63) is 35.1 Å². The molecule has 19 heavy (non-hydrogen) atoms. The van der Waals surface area contributed by atoms with E-state index in [2.05, 4.69) is 5.32 Å². The Labute approximate surface area is 111 Å². The predicted octanol–water partition coefficient (Wildman–Crippen LogP) is 3.32. The summed E-state index contributed by atoms with van der Waals surface area (Å²) in [7, 11) is 1.72. The summed E-state index contributed by atoms with van der Waals surface area (Å²) in [5, 5.41) is 3.00. The molecular formula is C14H18F3NO. The van der Waals surface area contributed by atoms with Gasteiger partial charge in [0.25, 0.3) is 0 Å². The van der Waals surface area contributed by atoms with Crippen molar-refractivity contribution >= 4 is 0 Å². The van der Waals surface area contributed by atoms with Crippen molar-refractivity contribution in [3.63, 3.8) is 0 Å². The molecule has 106 valence electrons. The van der Waals surface area contributed by atoms with E-state index in [9.17, 15) is 13.2 Å². The van der Waals surface area contributed by atoms with E-state index < -0.39 is 17.5 Å². The molecule has 1 aromatic rings. The first-order valence-electron chi connectivity index (χ1n) is 6.55. The fraction of sp³-hybridized carbons (Fsp3) is 0.571. The zero-order chi connectivity index (χ0) is 13.8. The Balaban J connectivity index is 2.04. The van der Waals surface area contributed by atoms with Gasteiger partial charge in [-0.05, 0) is 50.4 Å². The quantitative estimate of drug-likeness (QED) is 0.831. The van der Waals surface area contributed by atoms with Crippen LogP contribution in [0.2, 0.25) is 0 Å². The summed E-state index contributed by atoms with van der Waals surface area (Å²) < 4.78 is 44.9. The minimum absolute atomic E-state index is 0.200. The van der Waals surface area contributed by atoms with Gasteiger partial charge in [0.05, 0.1) is 6.10 Å². The van der Waals surface area contributed by atoms with E-state index in [4.69, 9.17) is 4.74 Å². The third-order valence-corrected chi connectivity index (χ3v) is 3.56. The Morgan fingerprint density at radius 1 is 1.32 bits per heavy atom. The molecule has 0 radical (unpaired) electrons. The van der Waals surface area contributed by atoms with E-state index in [1.54, 1.807) is 7.05 Å². The molecule has 1 saturated heterocycles. The van der Waals surface area contributed by atoms with Crippen LogP contribution in [0, 0.1) is 17.5 Å². The number of rotatable bonds is 5. The fourth-order valence-corrected chi connectivity index (χ4v) is 2.48. The summed E-state index contributed by atoms with van der Waals surface area (Å²) in [5.74, 6) is -3.71. The molecule has 1 heterocycles. The number of nitrogens with one attached hydrogen (secondary N) is 1. The number of hydrogen-bond donors (Lipinski definition) is 1. The van der Waals surface area contributed by atoms with Crippen molar-refractivity contribution < 1.29 is 17.9 Å². The van der Waals surface area contributed by atoms with Crippen LogP contribution in [0.5, 0.6) is 0 Å². The van der Waals surface area contributed by atoms with Crippen LogP contribution in [0.3, 0.4) is 0 Å². The minimum Gasteiger partial charge on any atom is -0.378 e. The molecule has 0 spiro atoms. The van der Waals surface area contributed by atoms with Crippen LogP contribution in [0.1, 0.15) is 37.3 Å². The number of benzene rings is 1. The molecule has 0 saturated carbocycles. The van der Waals surface area contributed by atoms with Crippen LogP contribution in [0.15, 0.2) is 12.1 Å². The maximum Gasteiger partial charge on any atom is 0.194 e. The molecule has 1 aliphatic heterocycles. The second kappa shape index (κ2) is 6.39. The summed E-state index contributed by atoms with van der Waals surface area (Å²) in [6.45, 7) is 0.786. The molecule has 2 nitrogen and oxygen atoms in total. The van der Waals surface area contributed by atoms with Crippen molar-refractivity contribution in [1.82, 2.24) is 5.32 Å². The van der Waals surface area contributed by atoms with Gasteiger partial charge >= 0.3 is 0 Å². The highest BCUT2D eigenvalue weighted by atomic mass is 19.2. The Kier molecular flexibility index (Phi) is 4.82. The van der Waals surface area contributed by atoms with E-state index in [1.165, 1.54) is 0 Å². The molecule has 1 fully saturated rings. The highest BCUT2D eigenvalue weighted by molar-refractivity contribution is 5.22. The first-order valence-corrected chi connectivity index (χ1v) is 6.55. The second-order valence-electron chi connectivity index (χ2n) is 4.85. The standard InChI is InChI=1S/C14H18F3NO/c1-18-13(5-4-10-3-2-6-19-10)9-7-11(15)14(17)12(16)8-9/h7-8,10,13,18H,2-6H2,1H3. The van der Waals surface area contributed by atoms with E-state index in [1.807, 2.05) is 0 Å². The van der Waals surface area contributed by atoms with Gasteiger partial charge in [0.1, 0.15) is 0 Å². The smallest absolute Gasteiger partial charge is 0.194 e. The maximum absolute atomic E-state index is 13.2. The molecule has 0 aromatic heterocycles. The average molecular weight is 273 g/mol. The number of hydrogen-bond acceptors (Lipinski definition) is 2. The van der Waals surface area contributed by atoms with E-state index in [-0.39, 0.29) is 12.1 Å². The molecule has 0 aliphatic carbocycles. The Morgan fingerprint density at radius 2 is 2.00 bits per heavy atom. The van der Waals surface area contributed by atoms with Gasteiger partial charge in [0.15, 0.2) is 17.5 Å². The lowest BCUT2D eigenvalue weighted by molar-refractivity contribution is 0.0998. The van der Waals surface area contributed by atoms with Crippen LogP contribution in [-0.2, 0) is 4.74 Å². The van der Waals surface area contributed by atoms with Gasteiger partial charge in [-0.3, -0.25) is 0 Å². The van der Waals surface area contributed by atoms with Crippen LogP contribution in [0.25, 0.3) is 0 Å². The van der Waals surface area contributed by atoms with E-state index >= 15 is 0 Å². The predicted molar refractivity (Wildman–Crippen MR) is 66.3 cm³/mol. The average Bonchev–Trinajstić information content (AvgIpc) is 2.89. The van der Waals surface area contributed by atoms with Crippen molar-refractivity contribution in [2.75, 3.05) is 13.7 Å². The second-order valence-corrected chi connectivity index (χ2v) is 4.85. The van der Waals surface area contributed by atoms with Gasteiger partial charge in [-0.15, -0.1) is 0 Å². The van der Waals surface area contributed by atoms with Crippen molar-refractivity contribution in [3.8, 4) is 0 Å². The Morgan fingerprint density at radius 3 is 2.53 bits per heavy atom. The number of halogens is 3. The summed E-state index contributed by atoms with van der Waals surface area (Å²) in [4.78, 5) is 0. The van der Waals surface area contributed by atoms with Crippen LogP contribution < -0.4 is 5.32 Å². The van der Waals surface area contributed by atoms with E-state index in [0.29, 0.717) is 12.0 Å². The lowest BCUT2D eigenvalue weighted by Gasteiger charge is -2.19. The molecule has 5 heteroatoms. The zero-order valence-electron chi connectivity index (χ0n) is 10.9. The normalized spacial score (nSPS) is 20.7. The van der Waals surface area contributed by atoms with Gasteiger partial charge < -0.3 is 10.1 Å². The molecule has 2 atom stereocenters. The molecule has 0 amide bonds. The highest BCUT2D eigenvalue weighted by Gasteiger charge is 2.20. The zero-order valence-corrected chi connectivity index (χ0v) is 10.9. The highest BCUT2D eigenvalue weighted by Crippen LogP contribution is 2.25. The van der Waals surface area contributed by atoms with Gasteiger partial charge in [0, 0.05) is 12.6 Å². The minimum atomic E-state index is -1.42. The Bertz CT molecular complexity index is 410. The Hall–Kier alpha value is -1.07. The van der Waals surface area contributed by atoms with Gasteiger partial charge in [-0.2, -0.15) is 0 Å². The first-order chi connectivity index (χ1) is 9.11. The molecular weight excluding hydrogens is 255 g/mol. The number of ether oxygens (including phenoxy) is 1. The molecule has 2 rings (SSSR count). The van der Waals surface area contributed by atoms with Crippen molar-refractivity contribution in [1.29, 1.82) is 0 Å². The van der Waals surface area contributed by atoms with E-state index in [0.717, 1.165) is 38.0 Å². The first kappa shape index (κ1) is 14.3. The summed E-state index contributed by atoms with van der Waals surface area (Å²) in [5.41, 5.74) is 0.428. The van der Waals surface area contributed by atoms with Crippen molar-refractivity contribution in [2.24, 2.45) is 0 Å². The fourth-order valence-electron chi connectivity index (χ4n) is 2.48. The third kappa shape index (κ3) is 3.48. The molecule has 1 N–H and O–H groups in total. The van der Waals surface area contributed by atoms with Gasteiger partial charge in [-0.25, -0.2) is 13.2 Å².